The van der Waals surface area contributed by atoms with Gasteiger partial charge in [0.25, 0.3) is 5.56 Å². The zero-order valence-electron chi connectivity index (χ0n) is 23.4. The molecule has 0 radical (unpaired) electrons. The molecule has 0 fully saturated rings. The molecule has 0 amide bonds. The summed E-state index contributed by atoms with van der Waals surface area (Å²) in [5.41, 5.74) is 3.61. The Balaban J connectivity index is 1.50. The van der Waals surface area contributed by atoms with Crippen LogP contribution in [0.15, 0.2) is 103 Å². The van der Waals surface area contributed by atoms with Crippen molar-refractivity contribution in [1.29, 1.82) is 0 Å². The van der Waals surface area contributed by atoms with Crippen LogP contribution in [0.3, 0.4) is 0 Å². The van der Waals surface area contributed by atoms with Crippen LogP contribution < -0.4 is 14.9 Å². The molecule has 6 rings (SSSR count). The van der Waals surface area contributed by atoms with Crippen molar-refractivity contribution in [2.24, 2.45) is 4.99 Å². The fraction of sp³-hybridized carbons (Fsp3) is 0.156. The zero-order chi connectivity index (χ0) is 30.1. The molecule has 0 bridgehead atoms. The molecule has 2 aromatic carbocycles. The first kappa shape index (κ1) is 28.9. The summed E-state index contributed by atoms with van der Waals surface area (Å²) < 4.78 is 13.5. The van der Waals surface area contributed by atoms with Gasteiger partial charge in [0, 0.05) is 28.0 Å². The summed E-state index contributed by atoms with van der Waals surface area (Å²) in [6, 6.07) is 21.2. The SMILES string of the molecule is CCOC(=O)C1=C(c2ccccc2)N=c2s/c(=C/c3ccc(Sc4nc(C)cc(C)n4)o3)c(=O)n2[C@H]1c1ccc(Cl)cc1. The Labute approximate surface area is 260 Å². The molecule has 4 heterocycles. The number of rotatable bonds is 7. The van der Waals surface area contributed by atoms with E-state index in [1.807, 2.05) is 68.4 Å². The molecule has 216 valence electrons. The van der Waals surface area contributed by atoms with E-state index < -0.39 is 12.0 Å². The monoisotopic (exact) mass is 628 g/mol. The third-order valence-corrected chi connectivity index (χ3v) is 8.61. The van der Waals surface area contributed by atoms with Gasteiger partial charge in [0.2, 0.25) is 0 Å². The highest BCUT2D eigenvalue weighted by Gasteiger charge is 2.35. The number of aromatic nitrogens is 3. The maximum absolute atomic E-state index is 14.0. The lowest BCUT2D eigenvalue weighted by Crippen LogP contribution is -2.39. The van der Waals surface area contributed by atoms with Gasteiger partial charge in [-0.25, -0.2) is 19.8 Å². The number of furan rings is 1. The van der Waals surface area contributed by atoms with Crippen molar-refractivity contribution in [3.63, 3.8) is 0 Å². The lowest BCUT2D eigenvalue weighted by molar-refractivity contribution is -0.138. The Morgan fingerprint density at radius 2 is 1.79 bits per heavy atom. The first-order valence-corrected chi connectivity index (χ1v) is 15.5. The van der Waals surface area contributed by atoms with E-state index >= 15 is 0 Å². The molecule has 0 saturated carbocycles. The molecule has 8 nitrogen and oxygen atoms in total. The topological polar surface area (TPSA) is 99.6 Å². The number of fused-ring (bicyclic) bond motifs is 1. The van der Waals surface area contributed by atoms with E-state index in [9.17, 15) is 9.59 Å². The second-order valence-corrected chi connectivity index (χ2v) is 12.1. The number of benzene rings is 2. The average molecular weight is 629 g/mol. The van der Waals surface area contributed by atoms with Crippen molar-refractivity contribution >= 4 is 52.4 Å². The quantitative estimate of drug-likeness (QED) is 0.167. The number of halogens is 1. The highest BCUT2D eigenvalue weighted by Crippen LogP contribution is 2.35. The number of hydrogen-bond acceptors (Lipinski definition) is 9. The maximum Gasteiger partial charge on any atom is 0.338 e. The molecule has 0 spiro atoms. The Hall–Kier alpha value is -4.25. The summed E-state index contributed by atoms with van der Waals surface area (Å²) in [6.45, 7) is 5.75. The molecule has 0 aliphatic carbocycles. The fourth-order valence-corrected chi connectivity index (χ4v) is 6.77. The van der Waals surface area contributed by atoms with Crippen LogP contribution in [0.25, 0.3) is 11.8 Å². The minimum absolute atomic E-state index is 0.175. The number of esters is 1. The molecular weight excluding hydrogens is 604 g/mol. The summed E-state index contributed by atoms with van der Waals surface area (Å²) in [4.78, 5) is 41.8. The molecule has 0 saturated heterocycles. The van der Waals surface area contributed by atoms with E-state index in [0.29, 0.717) is 41.6 Å². The van der Waals surface area contributed by atoms with E-state index in [4.69, 9.17) is 25.7 Å². The number of nitrogens with zero attached hydrogens (tertiary/aromatic N) is 4. The average Bonchev–Trinajstić information content (AvgIpc) is 3.55. The standard InChI is InChI=1S/C32H25ClN4O4S2/c1-4-40-30(39)26-27(20-8-6-5-7-9-20)36-32-37(28(26)21-10-12-22(33)13-11-21)29(38)24(42-32)17-23-14-15-25(41-23)43-31-34-18(2)16-19(3)35-31/h5-17,28H,4H2,1-3H3/b24-17+/t28-/m0/s1. The molecule has 0 unspecified atom stereocenters. The summed E-state index contributed by atoms with van der Waals surface area (Å²) in [7, 11) is 0. The van der Waals surface area contributed by atoms with Crippen LogP contribution in [0.4, 0.5) is 0 Å². The van der Waals surface area contributed by atoms with E-state index in [-0.39, 0.29) is 17.7 Å². The highest BCUT2D eigenvalue weighted by atomic mass is 35.5. The van der Waals surface area contributed by atoms with Crippen molar-refractivity contribution in [3.8, 4) is 0 Å². The maximum atomic E-state index is 14.0. The number of hydrogen-bond donors (Lipinski definition) is 0. The summed E-state index contributed by atoms with van der Waals surface area (Å²) in [5, 5.41) is 1.72. The van der Waals surface area contributed by atoms with Gasteiger partial charge in [-0.05, 0) is 68.4 Å². The van der Waals surface area contributed by atoms with Gasteiger partial charge in [-0.2, -0.15) is 0 Å². The minimum atomic E-state index is -0.783. The van der Waals surface area contributed by atoms with Crippen LogP contribution in [-0.2, 0) is 9.53 Å². The van der Waals surface area contributed by atoms with Gasteiger partial charge in [0.1, 0.15) is 5.76 Å². The van der Waals surface area contributed by atoms with Crippen molar-refractivity contribution in [1.82, 2.24) is 14.5 Å². The van der Waals surface area contributed by atoms with Gasteiger partial charge >= 0.3 is 5.97 Å². The normalized spacial score (nSPS) is 14.9. The summed E-state index contributed by atoms with van der Waals surface area (Å²) in [6.07, 6.45) is 1.69. The lowest BCUT2D eigenvalue weighted by atomic mass is 9.93. The number of thiazole rings is 1. The van der Waals surface area contributed by atoms with Crippen molar-refractivity contribution < 1.29 is 13.9 Å². The number of carbonyl (C=O) groups is 1. The Bertz CT molecular complexity index is 2030. The van der Waals surface area contributed by atoms with E-state index in [0.717, 1.165) is 17.0 Å². The van der Waals surface area contributed by atoms with Crippen LogP contribution in [0.5, 0.6) is 0 Å². The van der Waals surface area contributed by atoms with E-state index in [1.165, 1.54) is 23.1 Å². The Kier molecular flexibility index (Phi) is 8.16. The van der Waals surface area contributed by atoms with Crippen molar-refractivity contribution in [2.45, 2.75) is 37.1 Å². The molecule has 3 aromatic heterocycles. The smallest absolute Gasteiger partial charge is 0.338 e. The van der Waals surface area contributed by atoms with Gasteiger partial charge in [-0.15, -0.1) is 0 Å². The first-order valence-electron chi connectivity index (χ1n) is 13.4. The van der Waals surface area contributed by atoms with Crippen molar-refractivity contribution in [2.75, 3.05) is 6.61 Å². The summed E-state index contributed by atoms with van der Waals surface area (Å²) in [5.74, 6) is -0.0475. The molecule has 0 N–H and O–H groups in total. The second kappa shape index (κ2) is 12.2. The molecule has 1 aliphatic rings. The van der Waals surface area contributed by atoms with Crippen LogP contribution >= 0.6 is 34.7 Å². The lowest BCUT2D eigenvalue weighted by Gasteiger charge is -2.25. The predicted molar refractivity (Wildman–Crippen MR) is 167 cm³/mol. The zero-order valence-corrected chi connectivity index (χ0v) is 25.8. The first-order chi connectivity index (χ1) is 20.8. The van der Waals surface area contributed by atoms with Gasteiger partial charge in [0.05, 0.1) is 28.5 Å². The fourth-order valence-electron chi connectivity index (χ4n) is 4.83. The van der Waals surface area contributed by atoms with Crippen LogP contribution in [0.2, 0.25) is 5.02 Å². The second-order valence-electron chi connectivity index (χ2n) is 9.68. The highest BCUT2D eigenvalue weighted by molar-refractivity contribution is 7.99. The van der Waals surface area contributed by atoms with E-state index in [1.54, 1.807) is 35.8 Å². The number of aryl methyl sites for hydroxylation is 2. The van der Waals surface area contributed by atoms with Crippen molar-refractivity contribution in [3.05, 3.63) is 131 Å². The third-order valence-electron chi connectivity index (χ3n) is 6.59. The minimum Gasteiger partial charge on any atom is -0.463 e. The Morgan fingerprint density at radius 1 is 1.07 bits per heavy atom. The molecule has 11 heteroatoms. The predicted octanol–water partition coefficient (Wildman–Crippen LogP) is 5.74. The largest absolute Gasteiger partial charge is 0.463 e. The molecule has 5 aromatic rings. The van der Waals surface area contributed by atoms with E-state index in [2.05, 4.69) is 9.97 Å². The van der Waals surface area contributed by atoms with Crippen LogP contribution in [0.1, 0.15) is 41.2 Å². The Morgan fingerprint density at radius 3 is 2.49 bits per heavy atom. The van der Waals surface area contributed by atoms with Gasteiger partial charge in [-0.1, -0.05) is 65.4 Å². The van der Waals surface area contributed by atoms with Crippen LogP contribution in [-0.4, -0.2) is 27.1 Å². The molecular formula is C32H25ClN4O4S2. The molecule has 1 atom stereocenters. The third kappa shape index (κ3) is 5.99. The van der Waals surface area contributed by atoms with Crippen LogP contribution in [0, 0.1) is 13.8 Å². The van der Waals surface area contributed by atoms with Gasteiger partial charge in [-0.3, -0.25) is 9.36 Å². The van der Waals surface area contributed by atoms with Gasteiger partial charge < -0.3 is 9.15 Å². The molecule has 43 heavy (non-hydrogen) atoms. The van der Waals surface area contributed by atoms with Gasteiger partial charge in [0.15, 0.2) is 15.1 Å². The summed E-state index contributed by atoms with van der Waals surface area (Å²) >= 11 is 8.74. The molecule has 1 aliphatic heterocycles. The number of carbonyl (C=O) groups excluding carboxylic acids is 1. The number of ether oxygens (including phenoxy) is 1.